The number of aromatic nitrogens is 3. The van der Waals surface area contributed by atoms with Crippen LogP contribution in [0.5, 0.6) is 0 Å². The number of nitrogens with zero attached hydrogens (tertiary/aromatic N) is 3. The van der Waals surface area contributed by atoms with E-state index < -0.39 is 20.9 Å². The van der Waals surface area contributed by atoms with Crippen LogP contribution in [0, 0.1) is 5.82 Å². The maximum absolute atomic E-state index is 14.9. The van der Waals surface area contributed by atoms with E-state index in [-0.39, 0.29) is 33.8 Å². The van der Waals surface area contributed by atoms with E-state index >= 15 is 0 Å². The number of sulfone groups is 1. The van der Waals surface area contributed by atoms with E-state index in [1.807, 2.05) is 6.07 Å². The van der Waals surface area contributed by atoms with E-state index in [0.29, 0.717) is 30.1 Å². The molecule has 4 aromatic rings. The Kier molecular flexibility index (Phi) is 7.24. The first-order valence-electron chi connectivity index (χ1n) is 12.3. The molecule has 3 heterocycles. The Morgan fingerprint density at radius 2 is 1.92 bits per heavy atom. The minimum Gasteiger partial charge on any atom is -0.382 e. The summed E-state index contributed by atoms with van der Waals surface area (Å²) < 4.78 is 50.6. The average Bonchev–Trinajstić information content (AvgIpc) is 3.60. The van der Waals surface area contributed by atoms with E-state index in [4.69, 9.17) is 15.0 Å². The van der Waals surface area contributed by atoms with Gasteiger partial charge < -0.3 is 20.3 Å². The van der Waals surface area contributed by atoms with Crippen LogP contribution in [0.2, 0.25) is 0 Å². The van der Waals surface area contributed by atoms with Crippen LogP contribution in [0.15, 0.2) is 64.1 Å². The number of anilines is 1. The van der Waals surface area contributed by atoms with Crippen LogP contribution in [0.1, 0.15) is 25.8 Å². The minimum atomic E-state index is -3.39. The number of hydrogen-bond acceptors (Lipinski definition) is 9. The van der Waals surface area contributed by atoms with Gasteiger partial charge in [0.1, 0.15) is 11.5 Å². The third-order valence-electron chi connectivity index (χ3n) is 6.48. The summed E-state index contributed by atoms with van der Waals surface area (Å²) in [4.78, 5) is 9.01. The number of benzene rings is 2. The molecule has 0 radical (unpaired) electrons. The summed E-state index contributed by atoms with van der Waals surface area (Å²) in [6, 6.07) is 13.2. The lowest BCUT2D eigenvalue weighted by molar-refractivity contribution is 0.190. The zero-order chi connectivity index (χ0) is 26.9. The summed E-state index contributed by atoms with van der Waals surface area (Å²) in [7, 11) is -3.39. The van der Waals surface area contributed by atoms with Crippen LogP contribution >= 0.6 is 0 Å². The van der Waals surface area contributed by atoms with Gasteiger partial charge in [-0.2, -0.15) is 0 Å². The molecule has 0 unspecified atom stereocenters. The second kappa shape index (κ2) is 10.6. The van der Waals surface area contributed by atoms with Gasteiger partial charge in [-0.25, -0.2) is 22.8 Å². The molecule has 1 fully saturated rings. The maximum atomic E-state index is 14.9. The normalized spacial score (nSPS) is 15.8. The molecule has 1 aliphatic heterocycles. The maximum Gasteiger partial charge on any atom is 0.189 e. The van der Waals surface area contributed by atoms with E-state index in [0.717, 1.165) is 18.6 Å². The Morgan fingerprint density at radius 1 is 1.13 bits per heavy atom. The summed E-state index contributed by atoms with van der Waals surface area (Å²) in [5, 5.41) is 6.86. The second-order valence-electron chi connectivity index (χ2n) is 9.44. The van der Waals surface area contributed by atoms with Crippen molar-refractivity contribution in [1.29, 1.82) is 0 Å². The Morgan fingerprint density at radius 3 is 2.61 bits per heavy atom. The number of ether oxygens (including phenoxy) is 1. The highest BCUT2D eigenvalue weighted by Gasteiger charge is 2.21. The Bertz CT molecular complexity index is 1550. The molecule has 1 aliphatic rings. The smallest absolute Gasteiger partial charge is 0.189 e. The lowest BCUT2D eigenvalue weighted by Crippen LogP contribution is -2.28. The van der Waals surface area contributed by atoms with Gasteiger partial charge in [-0.3, -0.25) is 0 Å². The van der Waals surface area contributed by atoms with Crippen LogP contribution in [-0.4, -0.2) is 48.0 Å². The molecule has 0 spiro atoms. The molecule has 0 amide bonds. The van der Waals surface area contributed by atoms with Crippen molar-refractivity contribution in [3.63, 3.8) is 0 Å². The van der Waals surface area contributed by atoms with E-state index in [1.165, 1.54) is 12.3 Å². The van der Waals surface area contributed by atoms with Crippen molar-refractivity contribution in [3.8, 4) is 34.0 Å². The average molecular weight is 538 g/mol. The van der Waals surface area contributed by atoms with Gasteiger partial charge in [0.25, 0.3) is 0 Å². The number of nitrogen functional groups attached to an aromatic ring is 1. The van der Waals surface area contributed by atoms with Gasteiger partial charge in [-0.1, -0.05) is 23.4 Å². The van der Waals surface area contributed by atoms with Crippen LogP contribution in [-0.2, 0) is 21.1 Å². The van der Waals surface area contributed by atoms with Gasteiger partial charge >= 0.3 is 0 Å². The quantitative estimate of drug-likeness (QED) is 0.338. The molecular formula is C27H28FN5O4S. The lowest BCUT2D eigenvalue weighted by Gasteiger charge is -2.11. The van der Waals surface area contributed by atoms with Crippen molar-refractivity contribution in [3.05, 3.63) is 66.1 Å². The third-order valence-corrected chi connectivity index (χ3v) is 8.65. The summed E-state index contributed by atoms with van der Waals surface area (Å²) in [5.41, 5.74) is 8.85. The molecule has 1 atom stereocenters. The molecule has 11 heteroatoms. The van der Waals surface area contributed by atoms with Crippen LogP contribution in [0.4, 0.5) is 10.2 Å². The SMILES string of the molecule is CC(C)S(=O)(=O)c1ccc(-c2cnc(N)c(-c3cc(-c4ccc(CN[C@H]5CCOC5)cc4F)no3)n2)cc1. The minimum absolute atomic E-state index is 0.119. The number of nitrogens with two attached hydrogens (primary N) is 1. The molecule has 1 saturated heterocycles. The number of nitrogens with one attached hydrogen (secondary N) is 1. The zero-order valence-corrected chi connectivity index (χ0v) is 21.8. The third kappa shape index (κ3) is 5.31. The molecule has 0 bridgehead atoms. The molecule has 0 aliphatic carbocycles. The predicted molar refractivity (Wildman–Crippen MR) is 141 cm³/mol. The molecule has 5 rings (SSSR count). The number of hydrogen-bond donors (Lipinski definition) is 2. The summed E-state index contributed by atoms with van der Waals surface area (Å²) in [5.74, 6) is -0.0680. The highest BCUT2D eigenvalue weighted by Crippen LogP contribution is 2.31. The van der Waals surface area contributed by atoms with Gasteiger partial charge in [0.15, 0.2) is 27.1 Å². The molecule has 2 aromatic carbocycles. The van der Waals surface area contributed by atoms with E-state index in [9.17, 15) is 12.8 Å². The first-order valence-corrected chi connectivity index (χ1v) is 13.8. The first-order chi connectivity index (χ1) is 18.2. The van der Waals surface area contributed by atoms with Gasteiger partial charge in [0.05, 0.1) is 28.6 Å². The van der Waals surface area contributed by atoms with Gasteiger partial charge in [-0.05, 0) is 50.1 Å². The molecule has 198 valence electrons. The van der Waals surface area contributed by atoms with E-state index in [2.05, 4.69) is 20.4 Å². The van der Waals surface area contributed by atoms with Gasteiger partial charge in [0.2, 0.25) is 0 Å². The second-order valence-corrected chi connectivity index (χ2v) is 11.9. The topological polar surface area (TPSA) is 133 Å². The number of rotatable bonds is 8. The molecule has 2 aromatic heterocycles. The van der Waals surface area contributed by atoms with Crippen molar-refractivity contribution in [2.24, 2.45) is 0 Å². The Balaban J connectivity index is 1.37. The zero-order valence-electron chi connectivity index (χ0n) is 21.0. The van der Waals surface area contributed by atoms with Gasteiger partial charge in [0, 0.05) is 36.4 Å². The molecule has 9 nitrogen and oxygen atoms in total. The van der Waals surface area contributed by atoms with Crippen molar-refractivity contribution in [2.75, 3.05) is 18.9 Å². The fourth-order valence-electron chi connectivity index (χ4n) is 4.15. The molecule has 3 N–H and O–H groups in total. The van der Waals surface area contributed by atoms with Crippen LogP contribution in [0.3, 0.4) is 0 Å². The van der Waals surface area contributed by atoms with Crippen molar-refractivity contribution >= 4 is 15.7 Å². The van der Waals surface area contributed by atoms with Crippen molar-refractivity contribution in [2.45, 2.75) is 43.0 Å². The van der Waals surface area contributed by atoms with Crippen LogP contribution < -0.4 is 11.1 Å². The summed E-state index contributed by atoms with van der Waals surface area (Å²) in [6.07, 6.45) is 2.44. The monoisotopic (exact) mass is 537 g/mol. The van der Waals surface area contributed by atoms with Crippen molar-refractivity contribution < 1.29 is 22.1 Å². The summed E-state index contributed by atoms with van der Waals surface area (Å²) in [6.45, 7) is 5.22. The van der Waals surface area contributed by atoms with Crippen molar-refractivity contribution in [1.82, 2.24) is 20.4 Å². The molecule has 0 saturated carbocycles. The fraction of sp³-hybridized carbons (Fsp3) is 0.296. The highest BCUT2D eigenvalue weighted by atomic mass is 32.2. The summed E-state index contributed by atoms with van der Waals surface area (Å²) >= 11 is 0. The standard InChI is InChI=1S/C27H28FN5O4S/c1-16(2)38(34,35)20-6-4-18(5-7-20)24-14-31-27(29)26(32-24)25-12-23(33-37-25)21-8-3-17(11-22(21)28)13-30-19-9-10-36-15-19/h3-8,11-12,14,16,19,30H,9-10,13,15H2,1-2H3,(H2,29,31)/t19-/m0/s1. The largest absolute Gasteiger partial charge is 0.382 e. The van der Waals surface area contributed by atoms with Crippen LogP contribution in [0.25, 0.3) is 34.0 Å². The van der Waals surface area contributed by atoms with Gasteiger partial charge in [-0.15, -0.1) is 0 Å². The van der Waals surface area contributed by atoms with E-state index in [1.54, 1.807) is 50.2 Å². The number of halogens is 1. The molecule has 38 heavy (non-hydrogen) atoms. The lowest BCUT2D eigenvalue weighted by atomic mass is 10.1. The molecular weight excluding hydrogens is 509 g/mol. The highest BCUT2D eigenvalue weighted by molar-refractivity contribution is 7.92. The Labute approximate surface area is 220 Å². The Hall–Kier alpha value is -3.67. The first kappa shape index (κ1) is 26.0. The predicted octanol–water partition coefficient (Wildman–Crippen LogP) is 4.25. The fourth-order valence-corrected chi connectivity index (χ4v) is 5.21.